The van der Waals surface area contributed by atoms with Gasteiger partial charge in [-0.05, 0) is 43.5 Å². The first-order valence-corrected chi connectivity index (χ1v) is 7.86. The van der Waals surface area contributed by atoms with E-state index in [9.17, 15) is 9.90 Å². The molecule has 1 heterocycles. The molecule has 0 aromatic heterocycles. The summed E-state index contributed by atoms with van der Waals surface area (Å²) in [6.07, 6.45) is 3.88. The lowest BCUT2D eigenvalue weighted by molar-refractivity contribution is 0.0699. The molecule has 0 atom stereocenters. The van der Waals surface area contributed by atoms with Gasteiger partial charge in [0.15, 0.2) is 0 Å². The van der Waals surface area contributed by atoms with Crippen LogP contribution in [-0.4, -0.2) is 42.2 Å². The van der Waals surface area contributed by atoms with Gasteiger partial charge in [-0.3, -0.25) is 4.90 Å². The number of hydrogen-bond acceptors (Lipinski definition) is 3. The normalized spacial score (nSPS) is 15.8. The summed E-state index contributed by atoms with van der Waals surface area (Å²) >= 11 is 0. The number of carboxylic acid groups (broad SMARTS) is 1. The second-order valence-corrected chi connectivity index (χ2v) is 5.71. The summed E-state index contributed by atoms with van der Waals surface area (Å²) in [6.45, 7) is 3.87. The van der Waals surface area contributed by atoms with E-state index in [1.54, 1.807) is 12.1 Å². The Hall–Kier alpha value is -2.07. The van der Waals surface area contributed by atoms with Crippen LogP contribution in [0.15, 0.2) is 36.4 Å². The van der Waals surface area contributed by atoms with Crippen LogP contribution in [0.5, 0.6) is 5.75 Å². The van der Waals surface area contributed by atoms with Crippen LogP contribution in [0, 0.1) is 0 Å². The molecule has 1 saturated heterocycles. The van der Waals surface area contributed by atoms with Gasteiger partial charge in [-0.2, -0.15) is 0 Å². The number of piperidine rings is 1. The van der Waals surface area contributed by atoms with Crippen LogP contribution in [0.4, 0.5) is 0 Å². The second kappa shape index (κ2) is 6.79. The third kappa shape index (κ3) is 3.22. The van der Waals surface area contributed by atoms with E-state index in [2.05, 4.69) is 4.90 Å². The van der Waals surface area contributed by atoms with E-state index in [0.717, 1.165) is 36.2 Å². The SMILES string of the molecule is O=C(O)c1ccc(OCCN2CCCCC2)c2ccccc12. The molecule has 0 spiro atoms. The molecular weight excluding hydrogens is 278 g/mol. The van der Waals surface area contributed by atoms with Gasteiger partial charge in [0.05, 0.1) is 5.56 Å². The maximum absolute atomic E-state index is 11.3. The molecule has 22 heavy (non-hydrogen) atoms. The van der Waals surface area contributed by atoms with Gasteiger partial charge in [0.1, 0.15) is 12.4 Å². The lowest BCUT2D eigenvalue weighted by Crippen LogP contribution is -2.33. The Morgan fingerprint density at radius 3 is 2.50 bits per heavy atom. The highest BCUT2D eigenvalue weighted by molar-refractivity contribution is 6.05. The summed E-state index contributed by atoms with van der Waals surface area (Å²) in [6, 6.07) is 10.9. The zero-order valence-electron chi connectivity index (χ0n) is 12.6. The van der Waals surface area contributed by atoms with E-state index >= 15 is 0 Å². The molecule has 2 aromatic carbocycles. The standard InChI is InChI=1S/C18H21NO3/c20-18(21)16-8-9-17(15-7-3-2-6-14(15)16)22-13-12-19-10-4-1-5-11-19/h2-3,6-9H,1,4-5,10-13H2,(H,20,21). The number of aromatic carboxylic acids is 1. The van der Waals surface area contributed by atoms with Crippen molar-refractivity contribution in [1.82, 2.24) is 4.90 Å². The topological polar surface area (TPSA) is 49.8 Å². The van der Waals surface area contributed by atoms with Gasteiger partial charge >= 0.3 is 5.97 Å². The summed E-state index contributed by atoms with van der Waals surface area (Å²) < 4.78 is 5.92. The third-order valence-corrected chi connectivity index (χ3v) is 4.23. The summed E-state index contributed by atoms with van der Waals surface area (Å²) in [5.74, 6) is -0.145. The number of carbonyl (C=O) groups is 1. The van der Waals surface area contributed by atoms with E-state index in [1.165, 1.54) is 19.3 Å². The molecule has 0 saturated carbocycles. The molecule has 0 bridgehead atoms. The highest BCUT2D eigenvalue weighted by atomic mass is 16.5. The van der Waals surface area contributed by atoms with E-state index in [4.69, 9.17) is 4.74 Å². The first-order valence-electron chi connectivity index (χ1n) is 7.86. The summed E-state index contributed by atoms with van der Waals surface area (Å²) in [4.78, 5) is 13.7. The van der Waals surface area contributed by atoms with E-state index in [1.807, 2.05) is 24.3 Å². The van der Waals surface area contributed by atoms with Crippen molar-refractivity contribution < 1.29 is 14.6 Å². The predicted octanol–water partition coefficient (Wildman–Crippen LogP) is 3.40. The largest absolute Gasteiger partial charge is 0.492 e. The highest BCUT2D eigenvalue weighted by Crippen LogP contribution is 2.28. The summed E-state index contributed by atoms with van der Waals surface area (Å²) in [5, 5.41) is 10.9. The quantitative estimate of drug-likeness (QED) is 0.919. The van der Waals surface area contributed by atoms with Crippen LogP contribution in [0.2, 0.25) is 0 Å². The fourth-order valence-corrected chi connectivity index (χ4v) is 3.05. The van der Waals surface area contributed by atoms with Crippen molar-refractivity contribution in [3.8, 4) is 5.75 Å². The monoisotopic (exact) mass is 299 g/mol. The van der Waals surface area contributed by atoms with Crippen LogP contribution in [0.3, 0.4) is 0 Å². The number of carboxylic acids is 1. The number of hydrogen-bond donors (Lipinski definition) is 1. The van der Waals surface area contributed by atoms with Crippen LogP contribution in [0.25, 0.3) is 10.8 Å². The van der Waals surface area contributed by atoms with Gasteiger partial charge in [-0.15, -0.1) is 0 Å². The number of rotatable bonds is 5. The second-order valence-electron chi connectivity index (χ2n) is 5.71. The minimum Gasteiger partial charge on any atom is -0.492 e. The smallest absolute Gasteiger partial charge is 0.336 e. The zero-order chi connectivity index (χ0) is 15.4. The molecule has 0 radical (unpaired) electrons. The first-order chi connectivity index (χ1) is 10.8. The maximum Gasteiger partial charge on any atom is 0.336 e. The Bertz CT molecular complexity index is 662. The molecular formula is C18H21NO3. The van der Waals surface area contributed by atoms with Gasteiger partial charge < -0.3 is 9.84 Å². The van der Waals surface area contributed by atoms with Gasteiger partial charge in [0.25, 0.3) is 0 Å². The molecule has 0 amide bonds. The van der Waals surface area contributed by atoms with Crippen molar-refractivity contribution in [2.45, 2.75) is 19.3 Å². The molecule has 0 unspecified atom stereocenters. The first kappa shape index (κ1) is 14.9. The third-order valence-electron chi connectivity index (χ3n) is 4.23. The molecule has 0 aliphatic carbocycles. The zero-order valence-corrected chi connectivity index (χ0v) is 12.6. The lowest BCUT2D eigenvalue weighted by Gasteiger charge is -2.26. The fraction of sp³-hybridized carbons (Fsp3) is 0.389. The molecule has 4 nitrogen and oxygen atoms in total. The van der Waals surface area contributed by atoms with Crippen LogP contribution >= 0.6 is 0 Å². The minimum atomic E-state index is -0.906. The van der Waals surface area contributed by atoms with Crippen LogP contribution < -0.4 is 4.74 Å². The van der Waals surface area contributed by atoms with Gasteiger partial charge in [0.2, 0.25) is 0 Å². The maximum atomic E-state index is 11.3. The average molecular weight is 299 g/mol. The molecule has 116 valence electrons. The van der Waals surface area contributed by atoms with Gasteiger partial charge in [0, 0.05) is 11.9 Å². The molecule has 2 aromatic rings. The summed E-state index contributed by atoms with van der Waals surface area (Å²) in [5.41, 5.74) is 0.319. The Morgan fingerprint density at radius 1 is 1.05 bits per heavy atom. The summed E-state index contributed by atoms with van der Waals surface area (Å²) in [7, 11) is 0. The van der Waals surface area contributed by atoms with Crippen LogP contribution in [-0.2, 0) is 0 Å². The number of fused-ring (bicyclic) bond motifs is 1. The number of ether oxygens (including phenoxy) is 1. The highest BCUT2D eigenvalue weighted by Gasteiger charge is 2.13. The van der Waals surface area contributed by atoms with Crippen LogP contribution in [0.1, 0.15) is 29.6 Å². The van der Waals surface area contributed by atoms with E-state index in [-0.39, 0.29) is 0 Å². The van der Waals surface area contributed by atoms with E-state index < -0.39 is 5.97 Å². The van der Waals surface area contributed by atoms with Crippen molar-refractivity contribution in [3.05, 3.63) is 42.0 Å². The molecule has 3 rings (SSSR count). The molecule has 1 aliphatic rings. The number of benzene rings is 2. The van der Waals surface area contributed by atoms with Gasteiger partial charge in [-0.1, -0.05) is 30.7 Å². The van der Waals surface area contributed by atoms with Crippen molar-refractivity contribution >= 4 is 16.7 Å². The van der Waals surface area contributed by atoms with Crippen molar-refractivity contribution in [1.29, 1.82) is 0 Å². The Kier molecular flexibility index (Phi) is 4.59. The Morgan fingerprint density at radius 2 is 1.77 bits per heavy atom. The van der Waals surface area contributed by atoms with Crippen molar-refractivity contribution in [2.24, 2.45) is 0 Å². The van der Waals surface area contributed by atoms with Crippen molar-refractivity contribution in [3.63, 3.8) is 0 Å². The Labute approximate surface area is 130 Å². The van der Waals surface area contributed by atoms with Crippen molar-refractivity contribution in [2.75, 3.05) is 26.2 Å². The fourth-order valence-electron chi connectivity index (χ4n) is 3.05. The molecule has 1 fully saturated rings. The number of nitrogens with zero attached hydrogens (tertiary/aromatic N) is 1. The molecule has 4 heteroatoms. The lowest BCUT2D eigenvalue weighted by atomic mass is 10.0. The van der Waals surface area contributed by atoms with Gasteiger partial charge in [-0.25, -0.2) is 4.79 Å². The Balaban J connectivity index is 1.73. The molecule has 1 N–H and O–H groups in total. The molecule has 1 aliphatic heterocycles. The number of likely N-dealkylation sites (tertiary alicyclic amines) is 1. The predicted molar refractivity (Wildman–Crippen MR) is 86.7 cm³/mol. The average Bonchev–Trinajstić information content (AvgIpc) is 2.55. The van der Waals surface area contributed by atoms with E-state index in [0.29, 0.717) is 12.2 Å². The minimum absolute atomic E-state index is 0.319.